The highest BCUT2D eigenvalue weighted by Crippen LogP contribution is 2.40. The van der Waals surface area contributed by atoms with Crippen molar-refractivity contribution in [2.75, 3.05) is 0 Å². The van der Waals surface area contributed by atoms with E-state index >= 15 is 0 Å². The third kappa shape index (κ3) is 2.67. The van der Waals surface area contributed by atoms with Crippen LogP contribution in [0.2, 0.25) is 18.1 Å². The summed E-state index contributed by atoms with van der Waals surface area (Å²) < 4.78 is 7.12. The summed E-state index contributed by atoms with van der Waals surface area (Å²) in [6.07, 6.45) is 1.79. The van der Waals surface area contributed by atoms with Crippen LogP contribution in [0.15, 0.2) is 22.8 Å². The largest absolute Gasteiger partial charge is 0.543 e. The smallest absolute Gasteiger partial charge is 0.250 e. The highest BCUT2D eigenvalue weighted by Gasteiger charge is 2.39. The average molecular weight is 342 g/mol. The molecule has 0 saturated carbocycles. The van der Waals surface area contributed by atoms with E-state index < -0.39 is 8.32 Å². The van der Waals surface area contributed by atoms with Gasteiger partial charge in [0.15, 0.2) is 5.88 Å². The number of rotatable bonds is 2. The molecule has 0 spiro atoms. The molecule has 0 bridgehead atoms. The first kappa shape index (κ1) is 14.5. The quantitative estimate of drug-likeness (QED) is 0.753. The molecule has 0 atom stereocenters. The summed E-state index contributed by atoms with van der Waals surface area (Å²) >= 11 is 3.49. The molecule has 0 aliphatic carbocycles. The number of hydrogen-bond acceptors (Lipinski definition) is 2. The monoisotopic (exact) mass is 341 g/mol. The fourth-order valence-corrected chi connectivity index (χ4v) is 3.35. The first-order chi connectivity index (χ1) is 8.62. The van der Waals surface area contributed by atoms with Gasteiger partial charge in [-0.2, -0.15) is 0 Å². The van der Waals surface area contributed by atoms with Crippen molar-refractivity contribution in [3.8, 4) is 11.6 Å². The van der Waals surface area contributed by atoms with E-state index in [1.54, 1.807) is 6.20 Å². The molecule has 5 heteroatoms. The second-order valence-corrected chi connectivity index (χ2v) is 11.9. The number of H-pyrrole nitrogens is 1. The van der Waals surface area contributed by atoms with Crippen LogP contribution >= 0.6 is 15.9 Å². The fourth-order valence-electron chi connectivity index (χ4n) is 1.69. The van der Waals surface area contributed by atoms with Gasteiger partial charge in [0.2, 0.25) is 8.32 Å². The number of aromatic hydroxyl groups is 1. The molecule has 0 aliphatic rings. The van der Waals surface area contributed by atoms with Crippen molar-refractivity contribution < 1.29 is 9.53 Å². The molecule has 0 fully saturated rings. The molecular weight excluding hydrogens is 322 g/mol. The Labute approximate surface area is 123 Å². The zero-order valence-corrected chi connectivity index (χ0v) is 14.6. The molecule has 0 aliphatic heterocycles. The Kier molecular flexibility index (Phi) is 3.47. The Morgan fingerprint density at radius 1 is 1.26 bits per heavy atom. The predicted octanol–water partition coefficient (Wildman–Crippen LogP) is 5.02. The van der Waals surface area contributed by atoms with Gasteiger partial charge < -0.3 is 14.5 Å². The van der Waals surface area contributed by atoms with Crippen LogP contribution in [0.25, 0.3) is 10.8 Å². The van der Waals surface area contributed by atoms with Gasteiger partial charge in [-0.05, 0) is 46.2 Å². The number of halogens is 1. The molecule has 0 unspecified atom stereocenters. The van der Waals surface area contributed by atoms with Gasteiger partial charge >= 0.3 is 0 Å². The Hall–Kier alpha value is -0.943. The molecule has 2 N–H and O–H groups in total. The molecule has 3 nitrogen and oxygen atoms in total. The zero-order chi connectivity index (χ0) is 14.4. The van der Waals surface area contributed by atoms with Crippen molar-refractivity contribution in [2.45, 2.75) is 38.9 Å². The van der Waals surface area contributed by atoms with Gasteiger partial charge in [0.1, 0.15) is 5.75 Å². The number of fused-ring (bicyclic) bond motifs is 1. The van der Waals surface area contributed by atoms with Gasteiger partial charge in [-0.15, -0.1) is 0 Å². The lowest BCUT2D eigenvalue weighted by Crippen LogP contribution is -2.43. The van der Waals surface area contributed by atoms with E-state index in [9.17, 15) is 5.11 Å². The SMILES string of the molecule is CC(C)(C)[Si](C)(C)Oc1cc(Br)c2c(O)[nH]cc2c1. The van der Waals surface area contributed by atoms with E-state index in [0.717, 1.165) is 21.0 Å². The lowest BCUT2D eigenvalue weighted by molar-refractivity contribution is 0.462. The highest BCUT2D eigenvalue weighted by molar-refractivity contribution is 9.10. The fraction of sp³-hybridized carbons (Fsp3) is 0.429. The molecule has 2 rings (SSSR count). The Morgan fingerprint density at radius 3 is 2.47 bits per heavy atom. The van der Waals surface area contributed by atoms with Crippen LogP contribution in [0.3, 0.4) is 0 Å². The standard InChI is InChI=1S/C14H20BrNO2Si/c1-14(2,3)19(4,5)18-10-6-9-8-16-13(17)12(9)11(15)7-10/h6-8,16-17H,1-5H3. The van der Waals surface area contributed by atoms with Crippen LogP contribution < -0.4 is 4.43 Å². The van der Waals surface area contributed by atoms with Gasteiger partial charge in [0.05, 0.1) is 5.39 Å². The van der Waals surface area contributed by atoms with E-state index in [2.05, 4.69) is 54.8 Å². The van der Waals surface area contributed by atoms with Crippen LogP contribution in [0, 0.1) is 0 Å². The van der Waals surface area contributed by atoms with Crippen molar-refractivity contribution in [3.05, 3.63) is 22.8 Å². The predicted molar refractivity (Wildman–Crippen MR) is 85.5 cm³/mol. The normalized spacial score (nSPS) is 12.9. The van der Waals surface area contributed by atoms with Gasteiger partial charge in [0.25, 0.3) is 0 Å². The van der Waals surface area contributed by atoms with Crippen LogP contribution in [-0.4, -0.2) is 18.4 Å². The van der Waals surface area contributed by atoms with Crippen molar-refractivity contribution >= 4 is 35.0 Å². The second-order valence-electron chi connectivity index (χ2n) is 6.37. The first-order valence-corrected chi connectivity index (χ1v) is 10.0. The van der Waals surface area contributed by atoms with E-state index in [4.69, 9.17) is 4.43 Å². The summed E-state index contributed by atoms with van der Waals surface area (Å²) in [5, 5.41) is 11.6. The van der Waals surface area contributed by atoms with Gasteiger partial charge in [-0.25, -0.2) is 0 Å². The highest BCUT2D eigenvalue weighted by atomic mass is 79.9. The van der Waals surface area contributed by atoms with E-state index in [0.29, 0.717) is 0 Å². The molecule has 1 aromatic heterocycles. The summed E-state index contributed by atoms with van der Waals surface area (Å²) in [5.74, 6) is 1.03. The topological polar surface area (TPSA) is 45.2 Å². The molecule has 104 valence electrons. The minimum absolute atomic E-state index is 0.161. The van der Waals surface area contributed by atoms with Gasteiger partial charge in [0, 0.05) is 16.1 Å². The number of aromatic nitrogens is 1. The molecule has 0 saturated heterocycles. The van der Waals surface area contributed by atoms with Crippen LogP contribution in [-0.2, 0) is 0 Å². The number of nitrogens with one attached hydrogen (secondary N) is 1. The van der Waals surface area contributed by atoms with Crippen molar-refractivity contribution in [3.63, 3.8) is 0 Å². The van der Waals surface area contributed by atoms with Crippen LogP contribution in [0.1, 0.15) is 20.8 Å². The molecule has 1 aromatic carbocycles. The first-order valence-electron chi connectivity index (χ1n) is 6.30. The summed E-state index contributed by atoms with van der Waals surface area (Å²) in [7, 11) is -1.84. The minimum atomic E-state index is -1.84. The average Bonchev–Trinajstić information content (AvgIpc) is 2.58. The van der Waals surface area contributed by atoms with Crippen molar-refractivity contribution in [1.29, 1.82) is 0 Å². The maximum atomic E-state index is 9.73. The molecule has 0 amide bonds. The molecular formula is C14H20BrNO2Si. The summed E-state index contributed by atoms with van der Waals surface area (Å²) in [6.45, 7) is 11.1. The molecule has 1 heterocycles. The molecule has 0 radical (unpaired) electrons. The third-order valence-electron chi connectivity index (χ3n) is 3.87. The summed E-state index contributed by atoms with van der Waals surface area (Å²) in [4.78, 5) is 2.82. The molecule has 2 aromatic rings. The van der Waals surface area contributed by atoms with Crippen LogP contribution in [0.5, 0.6) is 11.6 Å². The molecule has 19 heavy (non-hydrogen) atoms. The second kappa shape index (κ2) is 4.56. The van der Waals surface area contributed by atoms with Crippen molar-refractivity contribution in [1.82, 2.24) is 4.98 Å². The summed E-state index contributed by atoms with van der Waals surface area (Å²) in [5.41, 5.74) is 0. The summed E-state index contributed by atoms with van der Waals surface area (Å²) in [6, 6.07) is 3.90. The van der Waals surface area contributed by atoms with E-state index in [1.165, 1.54) is 0 Å². The minimum Gasteiger partial charge on any atom is -0.543 e. The van der Waals surface area contributed by atoms with Crippen molar-refractivity contribution in [2.24, 2.45) is 0 Å². The van der Waals surface area contributed by atoms with Crippen LogP contribution in [0.4, 0.5) is 0 Å². The third-order valence-corrected chi connectivity index (χ3v) is 8.86. The lowest BCUT2D eigenvalue weighted by atomic mass is 10.2. The zero-order valence-electron chi connectivity index (χ0n) is 12.0. The number of aromatic amines is 1. The van der Waals surface area contributed by atoms with Gasteiger partial charge in [-0.3, -0.25) is 0 Å². The number of benzene rings is 1. The number of hydrogen-bond donors (Lipinski definition) is 2. The Morgan fingerprint density at radius 2 is 1.89 bits per heavy atom. The maximum absolute atomic E-state index is 9.73. The van der Waals surface area contributed by atoms with Gasteiger partial charge in [-0.1, -0.05) is 20.8 Å². The Bertz CT molecular complexity index is 614. The lowest BCUT2D eigenvalue weighted by Gasteiger charge is -2.36. The maximum Gasteiger partial charge on any atom is 0.250 e. The Balaban J connectivity index is 2.42. The van der Waals surface area contributed by atoms with E-state index in [1.807, 2.05) is 12.1 Å². The van der Waals surface area contributed by atoms with E-state index in [-0.39, 0.29) is 10.9 Å².